The van der Waals surface area contributed by atoms with E-state index in [2.05, 4.69) is 25.7 Å². The summed E-state index contributed by atoms with van der Waals surface area (Å²) in [5.74, 6) is 1.87. The van der Waals surface area contributed by atoms with Crippen LogP contribution in [0.4, 0.5) is 0 Å². The molecule has 0 atom stereocenters. The highest BCUT2D eigenvalue weighted by Gasteiger charge is 2.21. The Morgan fingerprint density at radius 3 is 2.23 bits per heavy atom. The molecule has 5 heteroatoms. The first-order valence-corrected chi connectivity index (χ1v) is 9.64. The lowest BCUT2D eigenvalue weighted by molar-refractivity contribution is -0.133. The fraction of sp³-hybridized carbons (Fsp3) is 0.667. The van der Waals surface area contributed by atoms with E-state index in [1.165, 1.54) is 6.42 Å². The molecule has 1 aliphatic heterocycles. The summed E-state index contributed by atoms with van der Waals surface area (Å²) in [5, 5.41) is 0. The second-order valence-corrected chi connectivity index (χ2v) is 8.16. The summed E-state index contributed by atoms with van der Waals surface area (Å²) in [5.41, 5.74) is 0.372. The number of methoxy groups -OCH3 is 1. The molecule has 0 saturated carbocycles. The zero-order chi connectivity index (χ0) is 19.0. The molecule has 0 aliphatic carbocycles. The number of amides is 1. The van der Waals surface area contributed by atoms with Gasteiger partial charge < -0.3 is 14.4 Å². The molecule has 0 spiro atoms. The zero-order valence-corrected chi connectivity index (χ0v) is 16.8. The van der Waals surface area contributed by atoms with Gasteiger partial charge in [0, 0.05) is 32.6 Å². The molecule has 1 aliphatic rings. The van der Waals surface area contributed by atoms with Gasteiger partial charge in [-0.1, -0.05) is 20.8 Å². The lowest BCUT2D eigenvalue weighted by atomic mass is 9.92. The molecule has 0 unspecified atom stereocenters. The molecular formula is C21H34N2O3. The van der Waals surface area contributed by atoms with Crippen LogP contribution < -0.4 is 9.47 Å². The summed E-state index contributed by atoms with van der Waals surface area (Å²) in [6.07, 6.45) is 2.50. The van der Waals surface area contributed by atoms with Gasteiger partial charge in [-0.15, -0.1) is 0 Å². The smallest absolute Gasteiger partial charge is 0.222 e. The number of piperazine rings is 1. The topological polar surface area (TPSA) is 42.0 Å². The molecule has 1 saturated heterocycles. The van der Waals surface area contributed by atoms with E-state index in [1.54, 1.807) is 7.11 Å². The molecule has 1 amide bonds. The van der Waals surface area contributed by atoms with Crippen molar-refractivity contribution in [1.82, 2.24) is 9.80 Å². The predicted molar refractivity (Wildman–Crippen MR) is 105 cm³/mol. The lowest BCUT2D eigenvalue weighted by Gasteiger charge is -2.36. The Morgan fingerprint density at radius 2 is 1.65 bits per heavy atom. The highest BCUT2D eigenvalue weighted by Crippen LogP contribution is 2.20. The van der Waals surface area contributed by atoms with Gasteiger partial charge in [0.15, 0.2) is 0 Å². The van der Waals surface area contributed by atoms with E-state index in [1.807, 2.05) is 29.2 Å². The van der Waals surface area contributed by atoms with Crippen LogP contribution in [0, 0.1) is 5.41 Å². The first-order chi connectivity index (χ1) is 12.4. The van der Waals surface area contributed by atoms with E-state index >= 15 is 0 Å². The number of hydrogen-bond donors (Lipinski definition) is 0. The molecule has 1 fully saturated rings. The fourth-order valence-corrected chi connectivity index (χ4v) is 2.96. The number of benzene rings is 1. The molecule has 5 nitrogen and oxygen atoms in total. The molecule has 0 radical (unpaired) electrons. The summed E-state index contributed by atoms with van der Waals surface area (Å²) in [4.78, 5) is 16.8. The van der Waals surface area contributed by atoms with E-state index in [0.29, 0.717) is 18.4 Å². The monoisotopic (exact) mass is 362 g/mol. The van der Waals surface area contributed by atoms with Crippen molar-refractivity contribution in [2.24, 2.45) is 5.41 Å². The van der Waals surface area contributed by atoms with Crippen LogP contribution in [0.25, 0.3) is 0 Å². The van der Waals surface area contributed by atoms with Gasteiger partial charge in [0.25, 0.3) is 0 Å². The van der Waals surface area contributed by atoms with Gasteiger partial charge >= 0.3 is 0 Å². The first-order valence-electron chi connectivity index (χ1n) is 9.64. The fourth-order valence-electron chi connectivity index (χ4n) is 2.96. The molecular weight excluding hydrogens is 328 g/mol. The zero-order valence-electron chi connectivity index (χ0n) is 16.8. The first kappa shape index (κ1) is 20.6. The second kappa shape index (κ2) is 9.81. The Balaban J connectivity index is 1.60. The van der Waals surface area contributed by atoms with Gasteiger partial charge in [0.05, 0.1) is 13.7 Å². The summed E-state index contributed by atoms with van der Waals surface area (Å²) in [6, 6.07) is 7.52. The molecule has 1 aromatic rings. The summed E-state index contributed by atoms with van der Waals surface area (Å²) in [6.45, 7) is 12.2. The van der Waals surface area contributed by atoms with Crippen LogP contribution in [-0.2, 0) is 4.79 Å². The van der Waals surface area contributed by atoms with Crippen molar-refractivity contribution in [3.8, 4) is 11.5 Å². The Morgan fingerprint density at radius 1 is 1.04 bits per heavy atom. The normalized spacial score (nSPS) is 15.8. The molecule has 0 aromatic heterocycles. The number of ether oxygens (including phenoxy) is 2. The van der Waals surface area contributed by atoms with Crippen molar-refractivity contribution in [3.05, 3.63) is 24.3 Å². The SMILES string of the molecule is COc1ccc(OCCCC(=O)N2CCN(CCC(C)(C)C)CC2)cc1. The lowest BCUT2D eigenvalue weighted by Crippen LogP contribution is -2.49. The molecule has 0 N–H and O–H groups in total. The maximum absolute atomic E-state index is 12.4. The Hall–Kier alpha value is -1.75. The number of hydrogen-bond acceptors (Lipinski definition) is 4. The van der Waals surface area contributed by atoms with Gasteiger partial charge in [-0.25, -0.2) is 0 Å². The van der Waals surface area contributed by atoms with Crippen molar-refractivity contribution in [1.29, 1.82) is 0 Å². The average molecular weight is 363 g/mol. The average Bonchev–Trinajstić information content (AvgIpc) is 2.63. The number of nitrogens with zero attached hydrogens (tertiary/aromatic N) is 2. The Kier molecular flexibility index (Phi) is 7.76. The molecule has 2 rings (SSSR count). The van der Waals surface area contributed by atoms with Gasteiger partial charge in [-0.05, 0) is 49.1 Å². The van der Waals surface area contributed by atoms with E-state index in [-0.39, 0.29) is 5.91 Å². The van der Waals surface area contributed by atoms with E-state index in [0.717, 1.165) is 50.6 Å². The van der Waals surface area contributed by atoms with Crippen molar-refractivity contribution in [2.45, 2.75) is 40.0 Å². The molecule has 1 aromatic carbocycles. The minimum atomic E-state index is 0.249. The standard InChI is InChI=1S/C21H34N2O3/c1-21(2,3)11-12-22-13-15-23(16-14-22)20(24)6-5-17-26-19-9-7-18(25-4)8-10-19/h7-10H,5-6,11-17H2,1-4H3. The van der Waals surface area contributed by atoms with Crippen molar-refractivity contribution >= 4 is 5.91 Å². The third-order valence-electron chi connectivity index (χ3n) is 4.77. The third-order valence-corrected chi connectivity index (χ3v) is 4.77. The van der Waals surface area contributed by atoms with E-state index in [4.69, 9.17) is 9.47 Å². The summed E-state index contributed by atoms with van der Waals surface area (Å²) in [7, 11) is 1.64. The predicted octanol–water partition coefficient (Wildman–Crippen LogP) is 3.43. The molecule has 26 heavy (non-hydrogen) atoms. The minimum absolute atomic E-state index is 0.249. The van der Waals surface area contributed by atoms with Gasteiger partial charge in [-0.2, -0.15) is 0 Å². The summed E-state index contributed by atoms with van der Waals surface area (Å²) < 4.78 is 10.8. The highest BCUT2D eigenvalue weighted by atomic mass is 16.5. The van der Waals surface area contributed by atoms with Crippen LogP contribution in [0.1, 0.15) is 40.0 Å². The maximum atomic E-state index is 12.4. The minimum Gasteiger partial charge on any atom is -0.497 e. The van der Waals surface area contributed by atoms with Gasteiger partial charge in [0.1, 0.15) is 11.5 Å². The van der Waals surface area contributed by atoms with Crippen LogP contribution in [0.2, 0.25) is 0 Å². The van der Waals surface area contributed by atoms with Crippen LogP contribution in [0.15, 0.2) is 24.3 Å². The van der Waals surface area contributed by atoms with Crippen LogP contribution in [0.5, 0.6) is 11.5 Å². The van der Waals surface area contributed by atoms with Crippen LogP contribution in [0.3, 0.4) is 0 Å². The molecule has 146 valence electrons. The van der Waals surface area contributed by atoms with E-state index < -0.39 is 0 Å². The van der Waals surface area contributed by atoms with Crippen LogP contribution >= 0.6 is 0 Å². The molecule has 0 bridgehead atoms. The Labute approximate surface area is 158 Å². The van der Waals surface area contributed by atoms with Crippen molar-refractivity contribution in [2.75, 3.05) is 46.4 Å². The highest BCUT2D eigenvalue weighted by molar-refractivity contribution is 5.76. The van der Waals surface area contributed by atoms with Crippen molar-refractivity contribution in [3.63, 3.8) is 0 Å². The van der Waals surface area contributed by atoms with E-state index in [9.17, 15) is 4.79 Å². The Bertz CT molecular complexity index is 543. The quantitative estimate of drug-likeness (QED) is 0.665. The number of carbonyl (C=O) groups excluding carboxylic acids is 1. The largest absolute Gasteiger partial charge is 0.497 e. The second-order valence-electron chi connectivity index (χ2n) is 8.16. The van der Waals surface area contributed by atoms with Crippen LogP contribution in [-0.4, -0.2) is 62.1 Å². The molecule has 1 heterocycles. The summed E-state index contributed by atoms with van der Waals surface area (Å²) >= 11 is 0. The van der Waals surface area contributed by atoms with Gasteiger partial charge in [0.2, 0.25) is 5.91 Å². The van der Waals surface area contributed by atoms with Crippen molar-refractivity contribution < 1.29 is 14.3 Å². The number of carbonyl (C=O) groups is 1. The number of rotatable bonds is 8. The third kappa shape index (κ3) is 7.24. The van der Waals surface area contributed by atoms with Gasteiger partial charge in [-0.3, -0.25) is 9.69 Å². The maximum Gasteiger partial charge on any atom is 0.222 e.